The third-order valence-corrected chi connectivity index (χ3v) is 3.62. The van der Waals surface area contributed by atoms with E-state index < -0.39 is 0 Å². The molecule has 2 unspecified atom stereocenters. The Morgan fingerprint density at radius 1 is 1.33 bits per heavy atom. The summed E-state index contributed by atoms with van der Waals surface area (Å²) in [6, 6.07) is -0.136. The number of rotatable bonds is 6. The van der Waals surface area contributed by atoms with Crippen LogP contribution in [0.2, 0.25) is 0 Å². The van der Waals surface area contributed by atoms with Crippen LogP contribution in [-0.4, -0.2) is 35.3 Å². The monoisotopic (exact) mass is 254 g/mol. The lowest BCUT2D eigenvalue weighted by Crippen LogP contribution is -2.46. The summed E-state index contributed by atoms with van der Waals surface area (Å²) in [5, 5.41) is 2.72. The molecule has 0 radical (unpaired) electrons. The standard InChI is InChI=1S/C14H26N2O2/c1-4-5-6-7-8-11(2)16-10-9-13(17)15-12(3)14(16)18/h11-12H,4-10H2,1-3H3,(H,15,17). The Morgan fingerprint density at radius 2 is 2.06 bits per heavy atom. The molecule has 4 heteroatoms. The predicted octanol–water partition coefficient (Wildman–Crippen LogP) is 2.08. The maximum absolute atomic E-state index is 12.1. The fourth-order valence-corrected chi connectivity index (χ4v) is 2.42. The summed E-state index contributed by atoms with van der Waals surface area (Å²) in [5.74, 6) is 0.0420. The lowest BCUT2D eigenvalue weighted by atomic mass is 10.1. The Bertz CT molecular complexity index is 292. The predicted molar refractivity (Wildman–Crippen MR) is 72.2 cm³/mol. The van der Waals surface area contributed by atoms with E-state index in [1.807, 2.05) is 4.90 Å². The van der Waals surface area contributed by atoms with Crippen LogP contribution in [0.15, 0.2) is 0 Å². The van der Waals surface area contributed by atoms with Gasteiger partial charge in [0.1, 0.15) is 6.04 Å². The molecule has 0 aromatic carbocycles. The summed E-state index contributed by atoms with van der Waals surface area (Å²) in [6.45, 7) is 6.61. The summed E-state index contributed by atoms with van der Waals surface area (Å²) in [7, 11) is 0. The van der Waals surface area contributed by atoms with E-state index in [9.17, 15) is 9.59 Å². The van der Waals surface area contributed by atoms with Crippen LogP contribution in [0.25, 0.3) is 0 Å². The minimum atomic E-state index is -0.377. The molecule has 104 valence electrons. The van der Waals surface area contributed by atoms with E-state index in [2.05, 4.69) is 19.2 Å². The van der Waals surface area contributed by atoms with E-state index in [1.54, 1.807) is 6.92 Å². The molecule has 1 fully saturated rings. The number of nitrogens with zero attached hydrogens (tertiary/aromatic N) is 1. The number of carbonyl (C=O) groups is 2. The summed E-state index contributed by atoms with van der Waals surface area (Å²) >= 11 is 0. The molecule has 0 bridgehead atoms. The van der Waals surface area contributed by atoms with Gasteiger partial charge in [-0.1, -0.05) is 32.6 Å². The summed E-state index contributed by atoms with van der Waals surface area (Å²) in [6.07, 6.45) is 6.34. The van der Waals surface area contributed by atoms with Gasteiger partial charge in [0.25, 0.3) is 0 Å². The Balaban J connectivity index is 2.46. The first kappa shape index (κ1) is 15.0. The van der Waals surface area contributed by atoms with Crippen molar-refractivity contribution in [2.75, 3.05) is 6.54 Å². The molecule has 0 aromatic rings. The molecule has 1 rings (SSSR count). The molecule has 0 aromatic heterocycles. The van der Waals surface area contributed by atoms with E-state index in [1.165, 1.54) is 19.3 Å². The van der Waals surface area contributed by atoms with Crippen LogP contribution >= 0.6 is 0 Å². The molecule has 0 spiro atoms. The van der Waals surface area contributed by atoms with Crippen molar-refractivity contribution < 1.29 is 9.59 Å². The molecule has 1 saturated heterocycles. The molecule has 0 saturated carbocycles. The molecule has 2 amide bonds. The molecule has 4 nitrogen and oxygen atoms in total. The van der Waals surface area contributed by atoms with Gasteiger partial charge in [-0.25, -0.2) is 0 Å². The zero-order valence-corrected chi connectivity index (χ0v) is 11.9. The van der Waals surface area contributed by atoms with Gasteiger partial charge < -0.3 is 10.2 Å². The summed E-state index contributed by atoms with van der Waals surface area (Å²) in [5.41, 5.74) is 0. The van der Waals surface area contributed by atoms with Gasteiger partial charge in [0.15, 0.2) is 0 Å². The van der Waals surface area contributed by atoms with Crippen LogP contribution in [-0.2, 0) is 9.59 Å². The van der Waals surface area contributed by atoms with Crippen molar-refractivity contribution in [1.82, 2.24) is 10.2 Å². The molecular weight excluding hydrogens is 228 g/mol. The molecule has 1 N–H and O–H groups in total. The molecule has 0 aliphatic carbocycles. The molecule has 1 aliphatic rings. The number of hydrogen-bond acceptors (Lipinski definition) is 2. The quantitative estimate of drug-likeness (QED) is 0.738. The summed E-state index contributed by atoms with van der Waals surface area (Å²) < 4.78 is 0. The SMILES string of the molecule is CCCCCCC(C)N1CCC(=O)NC(C)C1=O. The van der Waals surface area contributed by atoms with Crippen molar-refractivity contribution in [3.63, 3.8) is 0 Å². The third-order valence-electron chi connectivity index (χ3n) is 3.62. The van der Waals surface area contributed by atoms with Crippen molar-refractivity contribution in [3.05, 3.63) is 0 Å². The Morgan fingerprint density at radius 3 is 2.72 bits per heavy atom. The molecular formula is C14H26N2O2. The number of nitrogens with one attached hydrogen (secondary N) is 1. The van der Waals surface area contributed by atoms with Crippen molar-refractivity contribution >= 4 is 11.8 Å². The van der Waals surface area contributed by atoms with E-state index in [0.717, 1.165) is 12.8 Å². The number of amides is 2. The maximum Gasteiger partial charge on any atom is 0.245 e. The van der Waals surface area contributed by atoms with Gasteiger partial charge in [-0.15, -0.1) is 0 Å². The first-order valence-corrected chi connectivity index (χ1v) is 7.16. The minimum Gasteiger partial charge on any atom is -0.345 e. The van der Waals surface area contributed by atoms with Gasteiger partial charge in [-0.3, -0.25) is 9.59 Å². The lowest BCUT2D eigenvalue weighted by Gasteiger charge is -2.29. The van der Waals surface area contributed by atoms with Crippen molar-refractivity contribution in [3.8, 4) is 0 Å². The van der Waals surface area contributed by atoms with Gasteiger partial charge in [-0.2, -0.15) is 0 Å². The Kier molecular flexibility index (Phi) is 6.16. The normalized spacial score (nSPS) is 22.6. The van der Waals surface area contributed by atoms with Crippen molar-refractivity contribution in [2.45, 2.75) is 71.4 Å². The van der Waals surface area contributed by atoms with Gasteiger partial charge in [0, 0.05) is 19.0 Å². The average Bonchev–Trinajstić information content (AvgIpc) is 2.45. The van der Waals surface area contributed by atoms with Crippen LogP contribution in [0.3, 0.4) is 0 Å². The maximum atomic E-state index is 12.1. The second kappa shape index (κ2) is 7.39. The van der Waals surface area contributed by atoms with Gasteiger partial charge in [0.2, 0.25) is 11.8 Å². The minimum absolute atomic E-state index is 0.0171. The van der Waals surface area contributed by atoms with Crippen LogP contribution < -0.4 is 5.32 Å². The van der Waals surface area contributed by atoms with E-state index in [0.29, 0.717) is 13.0 Å². The molecule has 1 aliphatic heterocycles. The van der Waals surface area contributed by atoms with E-state index >= 15 is 0 Å². The summed E-state index contributed by atoms with van der Waals surface area (Å²) in [4.78, 5) is 25.4. The van der Waals surface area contributed by atoms with E-state index in [-0.39, 0.29) is 23.9 Å². The van der Waals surface area contributed by atoms with E-state index in [4.69, 9.17) is 0 Å². The first-order chi connectivity index (χ1) is 8.56. The lowest BCUT2D eigenvalue weighted by molar-refractivity contribution is -0.134. The van der Waals surface area contributed by atoms with Gasteiger partial charge in [-0.05, 0) is 20.3 Å². The van der Waals surface area contributed by atoms with Crippen molar-refractivity contribution in [2.24, 2.45) is 0 Å². The van der Waals surface area contributed by atoms with Crippen LogP contribution in [0.4, 0.5) is 0 Å². The van der Waals surface area contributed by atoms with Crippen molar-refractivity contribution in [1.29, 1.82) is 0 Å². The number of carbonyl (C=O) groups excluding carboxylic acids is 2. The second-order valence-electron chi connectivity index (χ2n) is 5.27. The largest absolute Gasteiger partial charge is 0.345 e. The molecule has 1 heterocycles. The van der Waals surface area contributed by atoms with Crippen LogP contribution in [0, 0.1) is 0 Å². The highest BCUT2D eigenvalue weighted by atomic mass is 16.2. The highest BCUT2D eigenvalue weighted by Crippen LogP contribution is 2.14. The first-order valence-electron chi connectivity index (χ1n) is 7.16. The second-order valence-corrected chi connectivity index (χ2v) is 5.27. The van der Waals surface area contributed by atoms with Crippen LogP contribution in [0.5, 0.6) is 0 Å². The fraction of sp³-hybridized carbons (Fsp3) is 0.857. The fourth-order valence-electron chi connectivity index (χ4n) is 2.42. The smallest absolute Gasteiger partial charge is 0.245 e. The zero-order valence-electron chi connectivity index (χ0n) is 11.9. The highest BCUT2D eigenvalue weighted by molar-refractivity contribution is 5.89. The Labute approximate surface area is 110 Å². The average molecular weight is 254 g/mol. The zero-order chi connectivity index (χ0) is 13.5. The van der Waals surface area contributed by atoms with Crippen LogP contribution in [0.1, 0.15) is 59.3 Å². The highest BCUT2D eigenvalue weighted by Gasteiger charge is 2.29. The third kappa shape index (κ3) is 4.31. The Hall–Kier alpha value is -1.06. The van der Waals surface area contributed by atoms with Gasteiger partial charge in [0.05, 0.1) is 0 Å². The molecule has 18 heavy (non-hydrogen) atoms. The number of hydrogen-bond donors (Lipinski definition) is 1. The number of unbranched alkanes of at least 4 members (excludes halogenated alkanes) is 3. The molecule has 2 atom stereocenters. The van der Waals surface area contributed by atoms with Gasteiger partial charge >= 0.3 is 0 Å². The topological polar surface area (TPSA) is 49.4 Å².